The molecule has 146 valence electrons. The van der Waals surface area contributed by atoms with Gasteiger partial charge in [-0.2, -0.15) is 4.31 Å². The zero-order chi connectivity index (χ0) is 19.6. The normalized spacial score (nSPS) is 19.6. The predicted molar refractivity (Wildman–Crippen MR) is 94.5 cm³/mol. The summed E-state index contributed by atoms with van der Waals surface area (Å²) in [5, 5.41) is 11.6. The SMILES string of the molecule is O=C1CN(S(=O)(=O)c2ccc(C(=O)N3CCC(C(=O)O)CC3)cc2)CCN1. The van der Waals surface area contributed by atoms with Crippen molar-refractivity contribution in [2.75, 3.05) is 32.7 Å². The first kappa shape index (κ1) is 19.3. The molecule has 10 heteroatoms. The van der Waals surface area contributed by atoms with E-state index in [1.807, 2.05) is 0 Å². The summed E-state index contributed by atoms with van der Waals surface area (Å²) in [5.41, 5.74) is 0.346. The van der Waals surface area contributed by atoms with E-state index in [9.17, 15) is 22.8 Å². The average molecular weight is 395 g/mol. The molecule has 9 nitrogen and oxygen atoms in total. The minimum Gasteiger partial charge on any atom is -0.481 e. The highest BCUT2D eigenvalue weighted by Crippen LogP contribution is 2.21. The number of nitrogens with zero attached hydrogens (tertiary/aromatic N) is 2. The minimum atomic E-state index is -3.80. The van der Waals surface area contributed by atoms with E-state index in [1.54, 1.807) is 4.90 Å². The number of hydrogen-bond donors (Lipinski definition) is 2. The number of likely N-dealkylation sites (tertiary alicyclic amines) is 1. The molecule has 0 unspecified atom stereocenters. The Balaban J connectivity index is 1.69. The number of carboxylic acid groups (broad SMARTS) is 1. The van der Waals surface area contributed by atoms with Gasteiger partial charge in [-0.1, -0.05) is 0 Å². The van der Waals surface area contributed by atoms with Gasteiger partial charge in [0.1, 0.15) is 0 Å². The molecule has 27 heavy (non-hydrogen) atoms. The maximum absolute atomic E-state index is 12.6. The molecule has 0 aromatic heterocycles. The molecule has 2 amide bonds. The van der Waals surface area contributed by atoms with Gasteiger partial charge in [0.05, 0.1) is 17.4 Å². The Kier molecular flexibility index (Phi) is 5.47. The van der Waals surface area contributed by atoms with Crippen LogP contribution in [0.2, 0.25) is 0 Å². The van der Waals surface area contributed by atoms with E-state index < -0.39 is 21.9 Å². The van der Waals surface area contributed by atoms with Gasteiger partial charge < -0.3 is 15.3 Å². The number of hydrogen-bond acceptors (Lipinski definition) is 5. The van der Waals surface area contributed by atoms with Gasteiger partial charge in [0.2, 0.25) is 15.9 Å². The average Bonchev–Trinajstić information content (AvgIpc) is 2.67. The number of sulfonamides is 1. The summed E-state index contributed by atoms with van der Waals surface area (Å²) in [4.78, 5) is 36.6. The minimum absolute atomic E-state index is 0.0262. The molecule has 2 N–H and O–H groups in total. The number of nitrogens with one attached hydrogen (secondary N) is 1. The maximum Gasteiger partial charge on any atom is 0.306 e. The molecule has 0 atom stereocenters. The largest absolute Gasteiger partial charge is 0.481 e. The summed E-state index contributed by atoms with van der Waals surface area (Å²) in [6, 6.07) is 5.61. The predicted octanol–water partition coefficient (Wildman–Crippen LogP) is -0.256. The smallest absolute Gasteiger partial charge is 0.306 e. The van der Waals surface area contributed by atoms with E-state index >= 15 is 0 Å². The Bertz CT molecular complexity index is 844. The topological polar surface area (TPSA) is 124 Å². The van der Waals surface area contributed by atoms with Crippen molar-refractivity contribution in [3.05, 3.63) is 29.8 Å². The second-order valence-electron chi connectivity index (χ2n) is 6.62. The molecule has 3 rings (SSSR count). The van der Waals surface area contributed by atoms with E-state index in [2.05, 4.69) is 5.32 Å². The first-order valence-electron chi connectivity index (χ1n) is 8.68. The van der Waals surface area contributed by atoms with Crippen molar-refractivity contribution in [1.82, 2.24) is 14.5 Å². The second kappa shape index (κ2) is 7.65. The molecule has 0 bridgehead atoms. The monoisotopic (exact) mass is 395 g/mol. The molecule has 2 heterocycles. The van der Waals surface area contributed by atoms with Crippen molar-refractivity contribution >= 4 is 27.8 Å². The highest BCUT2D eigenvalue weighted by Gasteiger charge is 2.30. The summed E-state index contributed by atoms with van der Waals surface area (Å²) in [7, 11) is -3.80. The van der Waals surface area contributed by atoms with Crippen molar-refractivity contribution in [2.24, 2.45) is 5.92 Å². The number of benzene rings is 1. The lowest BCUT2D eigenvalue weighted by molar-refractivity contribution is -0.143. The lowest BCUT2D eigenvalue weighted by Crippen LogP contribution is -2.49. The highest BCUT2D eigenvalue weighted by atomic mass is 32.2. The van der Waals surface area contributed by atoms with E-state index in [-0.39, 0.29) is 36.3 Å². The molecule has 2 fully saturated rings. The van der Waals surface area contributed by atoms with Gasteiger partial charge in [0.15, 0.2) is 0 Å². The third kappa shape index (κ3) is 4.11. The number of carbonyl (C=O) groups is 3. The number of carboxylic acids is 1. The number of aliphatic carboxylic acids is 1. The second-order valence-corrected chi connectivity index (χ2v) is 8.56. The van der Waals surface area contributed by atoms with Crippen molar-refractivity contribution in [3.63, 3.8) is 0 Å². The van der Waals surface area contributed by atoms with Gasteiger partial charge in [-0.25, -0.2) is 8.42 Å². The standard InChI is InChI=1S/C17H21N3O6S/c21-15-11-20(10-7-18-15)27(25,26)14-3-1-12(2-4-14)16(22)19-8-5-13(6-9-19)17(23)24/h1-4,13H,5-11H2,(H,18,21)(H,23,24). The summed E-state index contributed by atoms with van der Waals surface area (Å²) >= 11 is 0. The Morgan fingerprint density at radius 2 is 1.70 bits per heavy atom. The molecule has 2 aliphatic heterocycles. The van der Waals surface area contributed by atoms with Crippen LogP contribution >= 0.6 is 0 Å². The van der Waals surface area contributed by atoms with Crippen LogP contribution in [0.5, 0.6) is 0 Å². The number of amides is 2. The first-order valence-corrected chi connectivity index (χ1v) is 10.1. The van der Waals surface area contributed by atoms with E-state index in [0.29, 0.717) is 31.5 Å². The summed E-state index contributed by atoms with van der Waals surface area (Å²) < 4.78 is 26.3. The third-order valence-electron chi connectivity index (χ3n) is 4.87. The van der Waals surface area contributed by atoms with Crippen molar-refractivity contribution in [1.29, 1.82) is 0 Å². The zero-order valence-corrected chi connectivity index (χ0v) is 15.4. The number of carbonyl (C=O) groups excluding carboxylic acids is 2. The molecule has 1 aromatic rings. The van der Waals surface area contributed by atoms with Gasteiger partial charge >= 0.3 is 5.97 Å². The lowest BCUT2D eigenvalue weighted by Gasteiger charge is -2.30. The van der Waals surface area contributed by atoms with Crippen LogP contribution in [0.1, 0.15) is 23.2 Å². The summed E-state index contributed by atoms with van der Waals surface area (Å²) in [5.74, 6) is -1.87. The van der Waals surface area contributed by atoms with Crippen LogP contribution in [0, 0.1) is 5.92 Å². The van der Waals surface area contributed by atoms with Crippen LogP contribution in [0.3, 0.4) is 0 Å². The molecular formula is C17H21N3O6S. The van der Waals surface area contributed by atoms with Gasteiger partial charge in [0, 0.05) is 31.7 Å². The van der Waals surface area contributed by atoms with Crippen molar-refractivity contribution in [2.45, 2.75) is 17.7 Å². The molecule has 0 saturated carbocycles. The van der Waals surface area contributed by atoms with E-state index in [1.165, 1.54) is 24.3 Å². The Hall–Kier alpha value is -2.46. The quantitative estimate of drug-likeness (QED) is 0.724. The van der Waals surface area contributed by atoms with Crippen LogP contribution in [0.4, 0.5) is 0 Å². The molecule has 0 radical (unpaired) electrons. The van der Waals surface area contributed by atoms with Crippen LogP contribution < -0.4 is 5.32 Å². The summed E-state index contributed by atoms with van der Waals surface area (Å²) in [6.07, 6.45) is 0.815. The van der Waals surface area contributed by atoms with Crippen molar-refractivity contribution in [3.8, 4) is 0 Å². The maximum atomic E-state index is 12.6. The Morgan fingerprint density at radius 1 is 1.07 bits per heavy atom. The molecule has 2 aliphatic rings. The fraction of sp³-hybridized carbons (Fsp3) is 0.471. The molecule has 0 spiro atoms. The first-order chi connectivity index (χ1) is 12.8. The van der Waals surface area contributed by atoms with Crippen LogP contribution in [0.25, 0.3) is 0 Å². The highest BCUT2D eigenvalue weighted by molar-refractivity contribution is 7.89. The molecule has 0 aliphatic carbocycles. The molecule has 1 aromatic carbocycles. The van der Waals surface area contributed by atoms with Gasteiger partial charge in [-0.3, -0.25) is 14.4 Å². The molecular weight excluding hydrogens is 374 g/mol. The number of piperidine rings is 1. The van der Waals surface area contributed by atoms with Crippen LogP contribution in [0.15, 0.2) is 29.2 Å². The third-order valence-corrected chi connectivity index (χ3v) is 6.73. The number of piperazine rings is 1. The Labute approximate surface area is 157 Å². The van der Waals surface area contributed by atoms with E-state index in [4.69, 9.17) is 5.11 Å². The molecule has 2 saturated heterocycles. The fourth-order valence-electron chi connectivity index (χ4n) is 3.25. The van der Waals surface area contributed by atoms with Gasteiger partial charge in [-0.15, -0.1) is 0 Å². The fourth-order valence-corrected chi connectivity index (χ4v) is 4.65. The lowest BCUT2D eigenvalue weighted by atomic mass is 9.96. The van der Waals surface area contributed by atoms with E-state index in [0.717, 1.165) is 4.31 Å². The zero-order valence-electron chi connectivity index (χ0n) is 14.6. The van der Waals surface area contributed by atoms with Crippen LogP contribution in [-0.2, 0) is 19.6 Å². The van der Waals surface area contributed by atoms with Crippen molar-refractivity contribution < 1.29 is 27.9 Å². The summed E-state index contributed by atoms with van der Waals surface area (Å²) in [6.45, 7) is 0.965. The van der Waals surface area contributed by atoms with Crippen LogP contribution in [-0.4, -0.2) is 73.2 Å². The van der Waals surface area contributed by atoms with Gasteiger partial charge in [0.25, 0.3) is 5.91 Å². The Morgan fingerprint density at radius 3 is 2.26 bits per heavy atom. The van der Waals surface area contributed by atoms with Gasteiger partial charge in [-0.05, 0) is 37.1 Å². The number of rotatable bonds is 4.